The Bertz CT molecular complexity index is 903. The Morgan fingerprint density at radius 3 is 2.74 bits per heavy atom. The molecule has 1 aromatic carbocycles. The van der Waals surface area contributed by atoms with Gasteiger partial charge in [-0.25, -0.2) is 9.38 Å². The zero-order valence-corrected chi connectivity index (χ0v) is 18.6. The first kappa shape index (κ1) is 22.7. The van der Waals surface area contributed by atoms with Gasteiger partial charge in [0, 0.05) is 39.3 Å². The Balaban J connectivity index is 1.53. The third-order valence-electron chi connectivity index (χ3n) is 5.53. The predicted molar refractivity (Wildman–Crippen MR) is 119 cm³/mol. The van der Waals surface area contributed by atoms with E-state index < -0.39 is 0 Å². The van der Waals surface area contributed by atoms with E-state index in [0.717, 1.165) is 55.6 Å². The maximum atomic E-state index is 13.9. The summed E-state index contributed by atoms with van der Waals surface area (Å²) in [6.45, 7) is 9.37. The van der Waals surface area contributed by atoms with Gasteiger partial charge in [0.15, 0.2) is 23.4 Å². The third-order valence-corrected chi connectivity index (χ3v) is 5.53. The van der Waals surface area contributed by atoms with E-state index in [9.17, 15) is 4.39 Å². The summed E-state index contributed by atoms with van der Waals surface area (Å²) in [6, 6.07) is 5.48. The van der Waals surface area contributed by atoms with Gasteiger partial charge in [-0.3, -0.25) is 4.90 Å². The summed E-state index contributed by atoms with van der Waals surface area (Å²) >= 11 is 0. The van der Waals surface area contributed by atoms with Gasteiger partial charge >= 0.3 is 0 Å². The van der Waals surface area contributed by atoms with Crippen LogP contribution in [-0.2, 0) is 20.1 Å². The smallest absolute Gasteiger partial charge is 0.192 e. The first-order valence-electron chi connectivity index (χ1n) is 10.6. The highest BCUT2D eigenvalue weighted by atomic mass is 19.1. The molecule has 2 N–H and O–H groups in total. The van der Waals surface area contributed by atoms with Gasteiger partial charge in [-0.05, 0) is 37.5 Å². The van der Waals surface area contributed by atoms with Crippen LogP contribution in [0.15, 0.2) is 35.8 Å². The molecule has 0 amide bonds. The number of aliphatic imine (C=N–C) groups is 1. The number of hydrogen-bond donors (Lipinski definition) is 2. The van der Waals surface area contributed by atoms with Crippen LogP contribution in [-0.4, -0.2) is 58.4 Å². The van der Waals surface area contributed by atoms with Gasteiger partial charge in [0.25, 0.3) is 0 Å². The van der Waals surface area contributed by atoms with E-state index in [2.05, 4.69) is 37.3 Å². The fraction of sp³-hybridized carbons (Fsp3) is 0.500. The Kier molecular flexibility index (Phi) is 8.00. The number of ether oxygens (including phenoxy) is 1. The minimum atomic E-state index is -0.316. The minimum absolute atomic E-state index is 0.280. The topological polar surface area (TPSA) is 79.6 Å². The number of hydrogen-bond acceptors (Lipinski definition) is 5. The summed E-state index contributed by atoms with van der Waals surface area (Å²) < 4.78 is 20.9. The highest BCUT2D eigenvalue weighted by Crippen LogP contribution is 2.20. The normalized spacial score (nSPS) is 15.7. The lowest BCUT2D eigenvalue weighted by Crippen LogP contribution is -2.48. The number of likely N-dealkylation sites (tertiary alicyclic amines) is 1. The second-order valence-electron chi connectivity index (χ2n) is 7.72. The monoisotopic (exact) mass is 429 g/mol. The summed E-state index contributed by atoms with van der Waals surface area (Å²) in [5, 5.41) is 15.1. The van der Waals surface area contributed by atoms with Crippen molar-refractivity contribution in [3.05, 3.63) is 53.9 Å². The molecule has 0 unspecified atom stereocenters. The minimum Gasteiger partial charge on any atom is -0.494 e. The van der Waals surface area contributed by atoms with Crippen molar-refractivity contribution in [3.8, 4) is 5.75 Å². The van der Waals surface area contributed by atoms with Gasteiger partial charge in [0.05, 0.1) is 7.11 Å². The fourth-order valence-electron chi connectivity index (χ4n) is 3.56. The second kappa shape index (κ2) is 10.9. The maximum absolute atomic E-state index is 13.9. The van der Waals surface area contributed by atoms with Gasteiger partial charge in [-0.15, -0.1) is 16.8 Å². The van der Waals surface area contributed by atoms with Crippen molar-refractivity contribution in [2.24, 2.45) is 12.0 Å². The van der Waals surface area contributed by atoms with E-state index in [4.69, 9.17) is 4.74 Å². The van der Waals surface area contributed by atoms with Crippen molar-refractivity contribution >= 4 is 5.96 Å². The lowest BCUT2D eigenvalue weighted by molar-refractivity contribution is 0.198. The number of aryl methyl sites for hydroxylation is 1. The molecule has 0 spiro atoms. The van der Waals surface area contributed by atoms with E-state index in [-0.39, 0.29) is 11.6 Å². The fourth-order valence-corrected chi connectivity index (χ4v) is 3.56. The lowest BCUT2D eigenvalue weighted by Gasteiger charge is -2.33. The zero-order chi connectivity index (χ0) is 22.2. The van der Waals surface area contributed by atoms with Crippen LogP contribution in [0.4, 0.5) is 4.39 Å². The van der Waals surface area contributed by atoms with Crippen LogP contribution in [0.5, 0.6) is 5.75 Å². The van der Waals surface area contributed by atoms with Crippen molar-refractivity contribution in [2.75, 3.05) is 26.7 Å². The van der Waals surface area contributed by atoms with Gasteiger partial charge in [0.1, 0.15) is 12.4 Å². The van der Waals surface area contributed by atoms with Gasteiger partial charge in [-0.2, -0.15) is 0 Å². The van der Waals surface area contributed by atoms with Crippen LogP contribution in [0.1, 0.15) is 30.1 Å². The average Bonchev–Trinajstić information content (AvgIpc) is 3.09. The SMILES string of the molecule is C=CCNC(=NCc1nnc(C)n1C)NC1CCN(Cc2ccc(OC)c(F)c2)CC1. The molecule has 0 saturated carbocycles. The first-order chi connectivity index (χ1) is 15.0. The van der Waals surface area contributed by atoms with E-state index in [1.807, 2.05) is 24.6 Å². The molecule has 3 rings (SSSR count). The molecule has 1 aliphatic heterocycles. The summed E-state index contributed by atoms with van der Waals surface area (Å²) in [7, 11) is 3.42. The largest absolute Gasteiger partial charge is 0.494 e. The average molecular weight is 430 g/mol. The zero-order valence-electron chi connectivity index (χ0n) is 18.6. The highest BCUT2D eigenvalue weighted by Gasteiger charge is 2.20. The maximum Gasteiger partial charge on any atom is 0.192 e. The summed E-state index contributed by atoms with van der Waals surface area (Å²) in [5.74, 6) is 2.39. The van der Waals surface area contributed by atoms with E-state index in [0.29, 0.717) is 19.1 Å². The molecule has 2 aromatic rings. The predicted octanol–water partition coefficient (Wildman–Crippen LogP) is 2.16. The van der Waals surface area contributed by atoms with Crippen molar-refractivity contribution in [1.29, 1.82) is 0 Å². The summed E-state index contributed by atoms with van der Waals surface area (Å²) in [6.07, 6.45) is 3.77. The Hall–Kier alpha value is -2.94. The van der Waals surface area contributed by atoms with Crippen molar-refractivity contribution in [2.45, 2.75) is 38.9 Å². The molecule has 0 radical (unpaired) electrons. The second-order valence-corrected chi connectivity index (χ2v) is 7.72. The Morgan fingerprint density at radius 2 is 2.13 bits per heavy atom. The third kappa shape index (κ3) is 6.27. The molecule has 0 atom stereocenters. The Labute approximate surface area is 183 Å². The number of benzene rings is 1. The number of piperidine rings is 1. The molecule has 1 saturated heterocycles. The van der Waals surface area contributed by atoms with Crippen molar-refractivity contribution in [1.82, 2.24) is 30.3 Å². The van der Waals surface area contributed by atoms with Crippen LogP contribution >= 0.6 is 0 Å². The molecule has 0 bridgehead atoms. The highest BCUT2D eigenvalue weighted by molar-refractivity contribution is 5.80. The first-order valence-corrected chi connectivity index (χ1v) is 10.6. The number of methoxy groups -OCH3 is 1. The number of aromatic nitrogens is 3. The van der Waals surface area contributed by atoms with Crippen LogP contribution < -0.4 is 15.4 Å². The molecule has 1 aliphatic rings. The molecule has 1 fully saturated rings. The number of nitrogens with one attached hydrogen (secondary N) is 2. The molecule has 9 heteroatoms. The van der Waals surface area contributed by atoms with Crippen LogP contribution in [0.25, 0.3) is 0 Å². The number of halogens is 1. The summed E-state index contributed by atoms with van der Waals surface area (Å²) in [5.41, 5.74) is 0.957. The number of rotatable bonds is 8. The molecule has 8 nitrogen and oxygen atoms in total. The van der Waals surface area contributed by atoms with E-state index in [1.165, 1.54) is 7.11 Å². The molecular weight excluding hydrogens is 397 g/mol. The molecular formula is C22H32FN7O. The van der Waals surface area contributed by atoms with Crippen LogP contribution in [0, 0.1) is 12.7 Å². The molecule has 0 aliphatic carbocycles. The lowest BCUT2D eigenvalue weighted by atomic mass is 10.0. The quantitative estimate of drug-likeness (QED) is 0.380. The number of guanidine groups is 1. The molecule has 2 heterocycles. The Morgan fingerprint density at radius 1 is 1.35 bits per heavy atom. The van der Waals surface area contributed by atoms with Gasteiger partial charge in [-0.1, -0.05) is 12.1 Å². The molecule has 1 aromatic heterocycles. The molecule has 168 valence electrons. The van der Waals surface area contributed by atoms with Crippen molar-refractivity contribution in [3.63, 3.8) is 0 Å². The van der Waals surface area contributed by atoms with E-state index in [1.54, 1.807) is 18.2 Å². The number of nitrogens with zero attached hydrogens (tertiary/aromatic N) is 5. The molecule has 31 heavy (non-hydrogen) atoms. The van der Waals surface area contributed by atoms with E-state index >= 15 is 0 Å². The van der Waals surface area contributed by atoms with Gasteiger partial charge in [0.2, 0.25) is 0 Å². The summed E-state index contributed by atoms with van der Waals surface area (Å²) in [4.78, 5) is 7.01. The van der Waals surface area contributed by atoms with Gasteiger partial charge < -0.3 is 19.9 Å². The standard InChI is InChI=1S/C22H32FN7O/c1-5-10-24-22(25-14-21-28-27-16(2)29(21)3)26-18-8-11-30(12-9-18)15-17-6-7-20(31-4)19(23)13-17/h5-7,13,18H,1,8-12,14-15H2,2-4H3,(H2,24,25,26). The van der Waals surface area contributed by atoms with Crippen LogP contribution in [0.2, 0.25) is 0 Å². The van der Waals surface area contributed by atoms with Crippen LogP contribution in [0.3, 0.4) is 0 Å². The van der Waals surface area contributed by atoms with Crippen molar-refractivity contribution < 1.29 is 9.13 Å².